The maximum absolute atomic E-state index is 13.5. The number of methoxy groups -OCH3 is 1. The molecule has 2 amide bonds. The van der Waals surface area contributed by atoms with Crippen molar-refractivity contribution < 1.29 is 41.8 Å². The van der Waals surface area contributed by atoms with Gasteiger partial charge in [0.25, 0.3) is 5.91 Å². The molecule has 0 aliphatic carbocycles. The molecule has 1 aromatic heterocycles. The van der Waals surface area contributed by atoms with Crippen molar-refractivity contribution in [1.82, 2.24) is 9.58 Å². The zero-order valence-corrected chi connectivity index (χ0v) is 19.8. The number of carbonyl (C=O) groups excluding carboxylic acids is 3. The van der Waals surface area contributed by atoms with Gasteiger partial charge in [-0.15, -0.1) is 0 Å². The van der Waals surface area contributed by atoms with Crippen LogP contribution in [0.3, 0.4) is 0 Å². The van der Waals surface area contributed by atoms with Gasteiger partial charge in [-0.2, -0.15) is 18.2 Å². The Hall–Kier alpha value is -3.25. The van der Waals surface area contributed by atoms with Crippen LogP contribution >= 0.6 is 0 Å². The molecule has 1 aliphatic heterocycles. The molecule has 0 fully saturated rings. The molecule has 0 N–H and O–H groups in total. The van der Waals surface area contributed by atoms with Crippen molar-refractivity contribution in [2.24, 2.45) is 0 Å². The van der Waals surface area contributed by atoms with Gasteiger partial charge in [0.05, 0.1) is 13.7 Å². The fourth-order valence-electron chi connectivity index (χ4n) is 3.02. The Balaban J connectivity index is 2.81. The van der Waals surface area contributed by atoms with Crippen molar-refractivity contribution in [3.8, 4) is 5.75 Å². The summed E-state index contributed by atoms with van der Waals surface area (Å²) in [6, 6.07) is -2.31. The summed E-state index contributed by atoms with van der Waals surface area (Å²) in [5.41, 5.74) is -3.30. The summed E-state index contributed by atoms with van der Waals surface area (Å²) in [4.78, 5) is 51.7. The predicted molar refractivity (Wildman–Crippen MR) is 113 cm³/mol. The average molecular weight is 491 g/mol. The van der Waals surface area contributed by atoms with Crippen molar-refractivity contribution >= 4 is 18.0 Å². The molecule has 0 saturated heterocycles. The van der Waals surface area contributed by atoms with Crippen LogP contribution in [0, 0.1) is 0 Å². The zero-order valence-electron chi connectivity index (χ0n) is 19.8. The van der Waals surface area contributed by atoms with E-state index in [0.29, 0.717) is 22.8 Å². The molecule has 13 heteroatoms. The molecule has 1 atom stereocenters. The third-order valence-corrected chi connectivity index (χ3v) is 4.85. The molecule has 0 aromatic carbocycles. The fourth-order valence-corrected chi connectivity index (χ4v) is 3.02. The lowest BCUT2D eigenvalue weighted by Gasteiger charge is -2.41. The lowest BCUT2D eigenvalue weighted by molar-refractivity contribution is -0.173. The van der Waals surface area contributed by atoms with E-state index in [1.54, 1.807) is 20.8 Å². The Kier molecular flexibility index (Phi) is 7.89. The number of fused-ring (bicyclic) bond motifs is 1. The Morgan fingerprint density at radius 2 is 1.79 bits per heavy atom. The molecule has 0 radical (unpaired) electrons. The molecule has 1 aromatic rings. The Morgan fingerprint density at radius 3 is 2.29 bits per heavy atom. The summed E-state index contributed by atoms with van der Waals surface area (Å²) in [5.74, 6) is -2.94. The second kappa shape index (κ2) is 9.94. The van der Waals surface area contributed by atoms with Gasteiger partial charge < -0.3 is 19.1 Å². The van der Waals surface area contributed by atoms with Crippen LogP contribution in [0.15, 0.2) is 11.0 Å². The highest BCUT2D eigenvalue weighted by molar-refractivity contribution is 6.00. The topological polar surface area (TPSA) is 107 Å². The maximum Gasteiger partial charge on any atom is 0.431 e. The van der Waals surface area contributed by atoms with Gasteiger partial charge in [0.15, 0.2) is 11.4 Å². The third-order valence-electron chi connectivity index (χ3n) is 4.85. The number of hydrogen-bond acceptors (Lipinski definition) is 7. The number of halogens is 3. The predicted octanol–water partition coefficient (Wildman–Crippen LogP) is 3.05. The molecule has 10 nitrogen and oxygen atoms in total. The van der Waals surface area contributed by atoms with E-state index in [0.717, 1.165) is 24.9 Å². The smallest absolute Gasteiger partial charge is 0.431 e. The standard InChI is InChI=1S/C21H28F3N3O7/c1-7-8-9-33-16-14-17(29)25(12(2)21(22,23)24)11-27(19(31)34-20(3,4)5)26(14)10-13(15(16)28)18(30)32-6/h10,12H,7-9,11H2,1-6H3/t12-/m1/s1. The van der Waals surface area contributed by atoms with E-state index in [4.69, 9.17) is 9.47 Å². The van der Waals surface area contributed by atoms with Crippen LogP contribution in [0.25, 0.3) is 0 Å². The van der Waals surface area contributed by atoms with Crippen molar-refractivity contribution in [2.75, 3.05) is 25.4 Å². The van der Waals surface area contributed by atoms with Crippen molar-refractivity contribution in [2.45, 2.75) is 65.3 Å². The van der Waals surface area contributed by atoms with Crippen molar-refractivity contribution in [3.63, 3.8) is 0 Å². The second-order valence-corrected chi connectivity index (χ2v) is 8.60. The van der Waals surface area contributed by atoms with E-state index in [2.05, 4.69) is 4.74 Å². The molecule has 2 rings (SSSR count). The number of hydrogen-bond donors (Lipinski definition) is 0. The first-order valence-electron chi connectivity index (χ1n) is 10.5. The first-order chi connectivity index (χ1) is 15.6. The van der Waals surface area contributed by atoms with E-state index in [9.17, 15) is 32.3 Å². The zero-order chi connectivity index (χ0) is 26.0. The van der Waals surface area contributed by atoms with Crippen LogP contribution in [-0.2, 0) is 9.47 Å². The normalized spacial score (nSPS) is 15.0. The number of esters is 1. The van der Waals surface area contributed by atoms with Crippen molar-refractivity contribution in [1.29, 1.82) is 0 Å². The molecule has 1 aliphatic rings. The molecule has 0 bridgehead atoms. The first kappa shape index (κ1) is 27.0. The number of carbonyl (C=O) groups is 3. The monoisotopic (exact) mass is 491 g/mol. The molecule has 34 heavy (non-hydrogen) atoms. The number of alkyl halides is 3. The summed E-state index contributed by atoms with van der Waals surface area (Å²) in [6.07, 6.45) is -3.98. The minimum absolute atomic E-state index is 0.0576. The molecule has 190 valence electrons. The van der Waals surface area contributed by atoms with Gasteiger partial charge in [-0.3, -0.25) is 9.59 Å². The third kappa shape index (κ3) is 5.62. The molecule has 0 unspecified atom stereocenters. The average Bonchev–Trinajstić information content (AvgIpc) is 2.72. The fraction of sp³-hybridized carbons (Fsp3) is 0.619. The van der Waals surface area contributed by atoms with E-state index >= 15 is 0 Å². The Morgan fingerprint density at radius 1 is 1.18 bits per heavy atom. The molecule has 0 saturated carbocycles. The van der Waals surface area contributed by atoms with E-state index in [1.807, 2.05) is 6.92 Å². The van der Waals surface area contributed by atoms with Crippen LogP contribution in [0.4, 0.5) is 18.0 Å². The lowest BCUT2D eigenvalue weighted by atomic mass is 10.1. The quantitative estimate of drug-likeness (QED) is 0.445. The van der Waals surface area contributed by atoms with E-state index in [1.165, 1.54) is 0 Å². The maximum atomic E-state index is 13.5. The summed E-state index contributed by atoms with van der Waals surface area (Å²) in [7, 11) is 1.02. The van der Waals surface area contributed by atoms with Gasteiger partial charge in [-0.05, 0) is 34.1 Å². The largest absolute Gasteiger partial charge is 0.487 e. The van der Waals surface area contributed by atoms with Gasteiger partial charge in [-0.25, -0.2) is 14.3 Å². The summed E-state index contributed by atoms with van der Waals surface area (Å²) in [6.45, 7) is 6.29. The summed E-state index contributed by atoms with van der Waals surface area (Å²) < 4.78 is 56.8. The van der Waals surface area contributed by atoms with E-state index < -0.39 is 64.9 Å². The number of pyridine rings is 1. The van der Waals surface area contributed by atoms with Crippen LogP contribution in [0.2, 0.25) is 0 Å². The second-order valence-electron chi connectivity index (χ2n) is 8.60. The number of rotatable bonds is 6. The van der Waals surface area contributed by atoms with Crippen molar-refractivity contribution in [3.05, 3.63) is 27.7 Å². The summed E-state index contributed by atoms with van der Waals surface area (Å²) in [5, 5.41) is 0.683. The van der Waals surface area contributed by atoms with Gasteiger partial charge in [0, 0.05) is 6.20 Å². The van der Waals surface area contributed by atoms with Gasteiger partial charge in [0.1, 0.15) is 23.9 Å². The SMILES string of the molecule is CCCCOc1c2n(cc(C(=O)OC)c1=O)N(C(=O)OC(C)(C)C)CN([C@H](C)C(F)(F)F)C2=O. The molecule has 0 spiro atoms. The van der Waals surface area contributed by atoms with Crippen LogP contribution in [0.5, 0.6) is 5.75 Å². The highest BCUT2D eigenvalue weighted by atomic mass is 19.4. The van der Waals surface area contributed by atoms with Crippen LogP contribution in [-0.4, -0.2) is 65.8 Å². The van der Waals surface area contributed by atoms with Crippen LogP contribution < -0.4 is 15.2 Å². The first-order valence-corrected chi connectivity index (χ1v) is 10.5. The van der Waals surface area contributed by atoms with Gasteiger partial charge in [0.2, 0.25) is 5.43 Å². The van der Waals surface area contributed by atoms with Gasteiger partial charge >= 0.3 is 18.2 Å². The highest BCUT2D eigenvalue weighted by Crippen LogP contribution is 2.31. The summed E-state index contributed by atoms with van der Waals surface area (Å²) >= 11 is 0. The molecular weight excluding hydrogens is 463 g/mol. The number of aromatic nitrogens is 1. The number of unbranched alkanes of at least 4 members (excludes halogenated alkanes) is 1. The molecule has 2 heterocycles. The minimum atomic E-state index is -4.83. The number of nitrogens with zero attached hydrogens (tertiary/aromatic N) is 3. The highest BCUT2D eigenvalue weighted by Gasteiger charge is 2.48. The Bertz CT molecular complexity index is 1010. The number of amides is 2. The minimum Gasteiger partial charge on any atom is -0.487 e. The van der Waals surface area contributed by atoms with Crippen LogP contribution in [0.1, 0.15) is 68.3 Å². The lowest BCUT2D eigenvalue weighted by Crippen LogP contribution is -2.61. The van der Waals surface area contributed by atoms with E-state index in [-0.39, 0.29) is 6.61 Å². The van der Waals surface area contributed by atoms with Gasteiger partial charge in [-0.1, -0.05) is 13.3 Å². The number of ether oxygens (including phenoxy) is 3. The molecular formula is C21H28F3N3O7. The Labute approximate surface area is 194 Å².